The van der Waals surface area contributed by atoms with Crippen LogP contribution in [0.2, 0.25) is 0 Å². The van der Waals surface area contributed by atoms with Crippen LogP contribution in [0.25, 0.3) is 23.1 Å². The van der Waals surface area contributed by atoms with E-state index in [9.17, 15) is 9.18 Å². The number of rotatable bonds is 10. The Labute approximate surface area is 189 Å². The van der Waals surface area contributed by atoms with E-state index in [0.29, 0.717) is 29.5 Å². The molecule has 3 aromatic rings. The number of nitrogens with zero attached hydrogens (tertiary/aromatic N) is 2. The minimum absolute atomic E-state index is 0.245. The summed E-state index contributed by atoms with van der Waals surface area (Å²) in [6, 6.07) is 11.2. The van der Waals surface area contributed by atoms with Crippen LogP contribution in [0.15, 0.2) is 41.2 Å². The Kier molecular flexibility index (Phi) is 8.17. The van der Waals surface area contributed by atoms with Crippen molar-refractivity contribution in [2.75, 3.05) is 31.5 Å². The van der Waals surface area contributed by atoms with E-state index in [-0.39, 0.29) is 10.9 Å². The number of fused-ring (bicyclic) bond motifs is 1. The van der Waals surface area contributed by atoms with Crippen molar-refractivity contribution in [1.29, 1.82) is 0 Å². The highest BCUT2D eigenvalue weighted by Gasteiger charge is 2.09. The van der Waals surface area contributed by atoms with E-state index in [1.807, 2.05) is 18.2 Å². The smallest absolute Gasteiger partial charge is 0.259 e. The maximum Gasteiger partial charge on any atom is 0.259 e. The molecule has 0 spiro atoms. The maximum atomic E-state index is 14.5. The second-order valence-corrected chi connectivity index (χ2v) is 8.26. The van der Waals surface area contributed by atoms with Gasteiger partial charge < -0.3 is 15.2 Å². The molecule has 1 heterocycles. The Balaban J connectivity index is 1.76. The largest absolute Gasteiger partial charge is 0.383 e. The lowest BCUT2D eigenvalue weighted by Gasteiger charge is -2.18. The predicted octanol–water partition coefficient (Wildman–Crippen LogP) is 5.50. The van der Waals surface area contributed by atoms with Crippen molar-refractivity contribution in [3.05, 3.63) is 69.5 Å². The zero-order chi connectivity index (χ0) is 23.1. The van der Waals surface area contributed by atoms with Gasteiger partial charge in [-0.05, 0) is 61.3 Å². The quantitative estimate of drug-likeness (QED) is 0.412. The second kappa shape index (κ2) is 11.0. The molecule has 0 aliphatic rings. The summed E-state index contributed by atoms with van der Waals surface area (Å²) in [5.41, 5.74) is 2.78. The SMILES string of the molecule is CCN(CC)CCCNc1cc2nc(/C=C/c3ccc(C(C)C)cc3)[nH]c(=O)c2cc1F. The lowest BCUT2D eigenvalue weighted by atomic mass is 10.0. The molecular formula is C26H33FN4O. The van der Waals surface area contributed by atoms with Crippen molar-refractivity contribution >= 4 is 28.7 Å². The summed E-state index contributed by atoms with van der Waals surface area (Å²) in [6.07, 6.45) is 4.58. The summed E-state index contributed by atoms with van der Waals surface area (Å²) in [5, 5.41) is 3.39. The van der Waals surface area contributed by atoms with Gasteiger partial charge in [-0.15, -0.1) is 0 Å². The van der Waals surface area contributed by atoms with E-state index < -0.39 is 5.82 Å². The zero-order valence-corrected chi connectivity index (χ0v) is 19.4. The third-order valence-electron chi connectivity index (χ3n) is 5.71. The van der Waals surface area contributed by atoms with E-state index >= 15 is 0 Å². The number of H-pyrrole nitrogens is 1. The van der Waals surface area contributed by atoms with E-state index in [1.54, 1.807) is 12.1 Å². The first kappa shape index (κ1) is 23.7. The number of benzene rings is 2. The van der Waals surface area contributed by atoms with Crippen LogP contribution in [0.5, 0.6) is 0 Å². The number of hydrogen-bond donors (Lipinski definition) is 2. The molecule has 3 rings (SSSR count). The van der Waals surface area contributed by atoms with Crippen molar-refractivity contribution in [2.24, 2.45) is 0 Å². The molecule has 0 bridgehead atoms. The van der Waals surface area contributed by atoms with Crippen LogP contribution >= 0.6 is 0 Å². The highest BCUT2D eigenvalue weighted by molar-refractivity contribution is 5.83. The molecule has 2 N–H and O–H groups in total. The standard InChI is InChI=1S/C26H33FN4O/c1-5-31(6-2)15-7-14-28-24-17-23-21(16-22(24)27)26(32)30-25(29-23)13-10-19-8-11-20(12-9-19)18(3)4/h8-13,16-18,28H,5-7,14-15H2,1-4H3,(H,29,30,32)/b13-10+. The molecule has 0 radical (unpaired) electrons. The summed E-state index contributed by atoms with van der Waals surface area (Å²) in [6.45, 7) is 12.2. The van der Waals surface area contributed by atoms with Crippen LogP contribution in [0, 0.1) is 5.82 Å². The highest BCUT2D eigenvalue weighted by Crippen LogP contribution is 2.20. The molecule has 0 atom stereocenters. The normalized spacial score (nSPS) is 11.8. The van der Waals surface area contributed by atoms with Crippen LogP contribution in [0.4, 0.5) is 10.1 Å². The first-order valence-electron chi connectivity index (χ1n) is 11.4. The topological polar surface area (TPSA) is 61.0 Å². The van der Waals surface area contributed by atoms with Gasteiger partial charge in [-0.1, -0.05) is 58.0 Å². The van der Waals surface area contributed by atoms with E-state index in [1.165, 1.54) is 11.6 Å². The minimum atomic E-state index is -0.443. The average Bonchev–Trinajstić information content (AvgIpc) is 2.79. The third kappa shape index (κ3) is 6.04. The van der Waals surface area contributed by atoms with Gasteiger partial charge in [0.2, 0.25) is 0 Å². The molecular weight excluding hydrogens is 403 g/mol. The summed E-state index contributed by atoms with van der Waals surface area (Å²) in [7, 11) is 0. The third-order valence-corrected chi connectivity index (χ3v) is 5.71. The summed E-state index contributed by atoms with van der Waals surface area (Å²) < 4.78 is 14.5. The summed E-state index contributed by atoms with van der Waals surface area (Å²) in [5.74, 6) is 0.475. The number of aromatic amines is 1. The molecule has 0 aliphatic carbocycles. The molecule has 2 aromatic carbocycles. The number of anilines is 1. The Morgan fingerprint density at radius 2 is 1.84 bits per heavy atom. The van der Waals surface area contributed by atoms with Crippen molar-refractivity contribution < 1.29 is 4.39 Å². The minimum Gasteiger partial charge on any atom is -0.383 e. The van der Waals surface area contributed by atoms with Gasteiger partial charge in [0.1, 0.15) is 11.6 Å². The summed E-state index contributed by atoms with van der Waals surface area (Å²) >= 11 is 0. The van der Waals surface area contributed by atoms with Gasteiger partial charge >= 0.3 is 0 Å². The highest BCUT2D eigenvalue weighted by atomic mass is 19.1. The van der Waals surface area contributed by atoms with Crippen LogP contribution < -0.4 is 10.9 Å². The van der Waals surface area contributed by atoms with Crippen LogP contribution in [-0.2, 0) is 0 Å². The molecule has 0 unspecified atom stereocenters. The number of halogens is 1. The number of nitrogens with one attached hydrogen (secondary N) is 2. The Morgan fingerprint density at radius 3 is 2.50 bits per heavy atom. The fourth-order valence-electron chi connectivity index (χ4n) is 3.62. The first-order valence-corrected chi connectivity index (χ1v) is 11.4. The first-order chi connectivity index (χ1) is 15.4. The molecule has 1 aromatic heterocycles. The van der Waals surface area contributed by atoms with Crippen LogP contribution in [0.1, 0.15) is 57.0 Å². The molecule has 0 fully saturated rings. The fraction of sp³-hybridized carbons (Fsp3) is 0.385. The van der Waals surface area contributed by atoms with Gasteiger partial charge in [-0.25, -0.2) is 9.37 Å². The second-order valence-electron chi connectivity index (χ2n) is 8.26. The predicted molar refractivity (Wildman–Crippen MR) is 133 cm³/mol. The van der Waals surface area contributed by atoms with Crippen LogP contribution in [-0.4, -0.2) is 41.0 Å². The van der Waals surface area contributed by atoms with E-state index in [4.69, 9.17) is 0 Å². The Bertz CT molecular complexity index is 1120. The lowest BCUT2D eigenvalue weighted by molar-refractivity contribution is 0.303. The zero-order valence-electron chi connectivity index (χ0n) is 19.4. The van der Waals surface area contributed by atoms with Crippen molar-refractivity contribution in [2.45, 2.75) is 40.0 Å². The van der Waals surface area contributed by atoms with Gasteiger partial charge in [0.25, 0.3) is 5.56 Å². The van der Waals surface area contributed by atoms with E-state index in [0.717, 1.165) is 31.6 Å². The molecule has 0 amide bonds. The Hall–Kier alpha value is -2.99. The van der Waals surface area contributed by atoms with Gasteiger partial charge in [0.15, 0.2) is 0 Å². The molecule has 0 saturated heterocycles. The van der Waals surface area contributed by atoms with E-state index in [2.05, 4.69) is 60.0 Å². The molecule has 6 heteroatoms. The maximum absolute atomic E-state index is 14.5. The average molecular weight is 437 g/mol. The summed E-state index contributed by atoms with van der Waals surface area (Å²) in [4.78, 5) is 22.1. The van der Waals surface area contributed by atoms with Crippen molar-refractivity contribution in [1.82, 2.24) is 14.9 Å². The fourth-order valence-corrected chi connectivity index (χ4v) is 3.62. The van der Waals surface area contributed by atoms with Gasteiger partial charge in [-0.2, -0.15) is 0 Å². The Morgan fingerprint density at radius 1 is 1.12 bits per heavy atom. The number of aromatic nitrogens is 2. The van der Waals surface area contributed by atoms with Crippen LogP contribution in [0.3, 0.4) is 0 Å². The van der Waals surface area contributed by atoms with Crippen molar-refractivity contribution in [3.8, 4) is 0 Å². The molecule has 5 nitrogen and oxygen atoms in total. The monoisotopic (exact) mass is 436 g/mol. The lowest BCUT2D eigenvalue weighted by Crippen LogP contribution is -2.25. The van der Waals surface area contributed by atoms with Crippen molar-refractivity contribution in [3.63, 3.8) is 0 Å². The van der Waals surface area contributed by atoms with Gasteiger partial charge in [0, 0.05) is 6.54 Å². The number of hydrogen-bond acceptors (Lipinski definition) is 4. The van der Waals surface area contributed by atoms with Gasteiger partial charge in [-0.3, -0.25) is 4.79 Å². The molecule has 32 heavy (non-hydrogen) atoms. The molecule has 0 aliphatic heterocycles. The van der Waals surface area contributed by atoms with Gasteiger partial charge in [0.05, 0.1) is 16.6 Å². The molecule has 0 saturated carbocycles. The molecule has 170 valence electrons.